The van der Waals surface area contributed by atoms with Gasteiger partial charge in [-0.3, -0.25) is 4.90 Å². The average molecular weight is 652 g/mol. The second kappa shape index (κ2) is 16.2. The van der Waals surface area contributed by atoms with Crippen molar-refractivity contribution in [1.29, 1.82) is 0 Å². The molecule has 1 amide bonds. The average Bonchev–Trinajstić information content (AvgIpc) is 3.10. The summed E-state index contributed by atoms with van der Waals surface area (Å²) in [5, 5.41) is 0.874. The Morgan fingerprint density at radius 1 is 0.913 bits per heavy atom. The van der Waals surface area contributed by atoms with E-state index in [1.807, 2.05) is 17.0 Å². The Morgan fingerprint density at radius 3 is 2.52 bits per heavy atom. The highest BCUT2D eigenvalue weighted by atomic mass is 35.5. The lowest BCUT2D eigenvalue weighted by atomic mass is 10.0. The quantitative estimate of drug-likeness (QED) is 0.210. The summed E-state index contributed by atoms with van der Waals surface area (Å²) in [6, 6.07) is 13.0. The number of hydrogen-bond donors (Lipinski definition) is 0. The van der Waals surface area contributed by atoms with Crippen molar-refractivity contribution in [3.8, 4) is 5.75 Å². The molecule has 0 saturated carbocycles. The third-order valence-electron chi connectivity index (χ3n) is 9.97. The fourth-order valence-electron chi connectivity index (χ4n) is 7.14. The molecule has 0 aliphatic carbocycles. The number of rotatable bonds is 10. The zero-order chi connectivity index (χ0) is 31.7. The van der Waals surface area contributed by atoms with Gasteiger partial charge in [-0.1, -0.05) is 36.2 Å². The van der Waals surface area contributed by atoms with E-state index >= 15 is 0 Å². The Morgan fingerprint density at radius 2 is 1.72 bits per heavy atom. The highest BCUT2D eigenvalue weighted by Crippen LogP contribution is 2.31. The van der Waals surface area contributed by atoms with Crippen molar-refractivity contribution in [2.75, 3.05) is 77.2 Å². The molecule has 0 spiro atoms. The molecule has 3 fully saturated rings. The summed E-state index contributed by atoms with van der Waals surface area (Å²) in [5.41, 5.74) is 4.34. The molecule has 4 aliphatic heterocycles. The Hall–Kier alpha value is -3.01. The van der Waals surface area contributed by atoms with Crippen LogP contribution in [0.4, 0.5) is 16.2 Å². The van der Waals surface area contributed by atoms with Crippen LogP contribution in [0.1, 0.15) is 62.5 Å². The number of fused-ring (bicyclic) bond motifs is 1. The molecule has 2 aromatic carbocycles. The minimum absolute atomic E-state index is 0.107. The molecule has 9 nitrogen and oxygen atoms in total. The predicted octanol–water partition coefficient (Wildman–Crippen LogP) is 6.67. The van der Waals surface area contributed by atoms with Gasteiger partial charge >= 0.3 is 6.09 Å². The van der Waals surface area contributed by atoms with Crippen molar-refractivity contribution < 1.29 is 19.0 Å². The van der Waals surface area contributed by atoms with Crippen molar-refractivity contribution in [2.45, 2.75) is 70.8 Å². The van der Waals surface area contributed by atoms with Gasteiger partial charge < -0.3 is 28.9 Å². The summed E-state index contributed by atoms with van der Waals surface area (Å²) in [6.45, 7) is 11.7. The van der Waals surface area contributed by atoms with Crippen LogP contribution in [0.2, 0.25) is 5.02 Å². The van der Waals surface area contributed by atoms with Crippen LogP contribution in [0, 0.1) is 6.92 Å². The number of hydrogen-bond acceptors (Lipinski definition) is 8. The van der Waals surface area contributed by atoms with Gasteiger partial charge in [0.05, 0.1) is 23.0 Å². The fraction of sp³-hybridized carbons (Fsp3) is 0.611. The van der Waals surface area contributed by atoms with Gasteiger partial charge in [0.15, 0.2) is 5.90 Å². The van der Waals surface area contributed by atoms with E-state index in [4.69, 9.17) is 30.8 Å². The van der Waals surface area contributed by atoms with E-state index in [-0.39, 0.29) is 12.9 Å². The number of unbranched alkanes of at least 4 members (excludes halogenated alkanes) is 1. The molecule has 0 N–H and O–H groups in total. The molecule has 10 heteroatoms. The van der Waals surface area contributed by atoms with E-state index in [9.17, 15) is 4.79 Å². The van der Waals surface area contributed by atoms with Crippen molar-refractivity contribution in [2.24, 2.45) is 4.99 Å². The topological polar surface area (TPSA) is 70.1 Å². The molecule has 0 aromatic heterocycles. The largest absolute Gasteiger partial charge is 0.494 e. The van der Waals surface area contributed by atoms with Gasteiger partial charge in [-0.2, -0.15) is 0 Å². The van der Waals surface area contributed by atoms with Gasteiger partial charge in [0, 0.05) is 57.8 Å². The molecule has 6 rings (SSSR count). The number of halogens is 1. The third-order valence-corrected chi connectivity index (χ3v) is 10.5. The van der Waals surface area contributed by atoms with Crippen molar-refractivity contribution in [1.82, 2.24) is 14.7 Å². The molecule has 0 atom stereocenters. The summed E-state index contributed by atoms with van der Waals surface area (Å²) in [7, 11) is 0. The smallest absolute Gasteiger partial charge is 0.412 e. The Kier molecular flexibility index (Phi) is 11.6. The van der Waals surface area contributed by atoms with E-state index in [0.717, 1.165) is 106 Å². The van der Waals surface area contributed by atoms with Crippen molar-refractivity contribution in [3.05, 3.63) is 52.5 Å². The maximum absolute atomic E-state index is 12.6. The monoisotopic (exact) mass is 651 g/mol. The molecule has 4 heterocycles. The Labute approximate surface area is 279 Å². The Balaban J connectivity index is 0.866. The lowest BCUT2D eigenvalue weighted by molar-refractivity contribution is 0.0168. The first-order valence-corrected chi connectivity index (χ1v) is 17.8. The highest BCUT2D eigenvalue weighted by Gasteiger charge is 2.28. The van der Waals surface area contributed by atoms with Gasteiger partial charge in [-0.05, 0) is 94.8 Å². The van der Waals surface area contributed by atoms with E-state index in [1.54, 1.807) is 0 Å². The second-order valence-electron chi connectivity index (χ2n) is 13.1. The third kappa shape index (κ3) is 8.66. The van der Waals surface area contributed by atoms with Crippen LogP contribution in [-0.2, 0) is 15.9 Å². The van der Waals surface area contributed by atoms with Gasteiger partial charge in [-0.15, -0.1) is 0 Å². The highest BCUT2D eigenvalue weighted by molar-refractivity contribution is 6.34. The zero-order valence-corrected chi connectivity index (χ0v) is 28.2. The maximum atomic E-state index is 12.6. The SMILES string of the molecule is Cc1cccc(N2CCN(CCCCOc3ccc4c(c3)N=C(OCOC(=O)N3CCC(N5CCCCC5)CC3)CC4)CC2)c1Cl. The Bertz CT molecular complexity index is 1330. The number of amides is 1. The van der Waals surface area contributed by atoms with E-state index in [0.29, 0.717) is 25.0 Å². The maximum Gasteiger partial charge on any atom is 0.412 e. The fourth-order valence-corrected chi connectivity index (χ4v) is 7.38. The number of carbonyl (C=O) groups excluding carboxylic acids is 1. The number of ether oxygens (including phenoxy) is 3. The number of aryl methyl sites for hydroxylation is 2. The van der Waals surface area contributed by atoms with Gasteiger partial charge in [0.2, 0.25) is 6.79 Å². The number of piperazine rings is 1. The second-order valence-corrected chi connectivity index (χ2v) is 13.5. The number of aliphatic imine (C=N–C) groups is 1. The molecule has 0 radical (unpaired) electrons. The summed E-state index contributed by atoms with van der Waals surface area (Å²) >= 11 is 6.55. The zero-order valence-electron chi connectivity index (χ0n) is 27.4. The number of carbonyl (C=O) groups is 1. The number of anilines is 1. The number of likely N-dealkylation sites (tertiary alicyclic amines) is 2. The summed E-state index contributed by atoms with van der Waals surface area (Å²) in [5.74, 6) is 1.43. The first-order valence-electron chi connectivity index (χ1n) is 17.4. The first kappa shape index (κ1) is 32.9. The summed E-state index contributed by atoms with van der Waals surface area (Å²) in [6.07, 6.45) is 9.33. The van der Waals surface area contributed by atoms with Gasteiger partial charge in [0.1, 0.15) is 5.75 Å². The minimum atomic E-state index is -0.293. The van der Waals surface area contributed by atoms with Gasteiger partial charge in [-0.25, -0.2) is 9.79 Å². The normalized spacial score (nSPS) is 19.8. The standard InChI is InChI=1S/C36H50ClN5O4/c1-28-8-7-9-33(35(28)37)41-23-21-39(22-24-41)16-5-6-25-44-31-12-10-29-11-13-34(38-32(29)26-31)45-27-46-36(43)42-19-14-30(15-20-42)40-17-3-2-4-18-40/h7-10,12,26,30H,2-6,11,13-25,27H2,1H3. The van der Waals surface area contributed by atoms with Crippen LogP contribution < -0.4 is 9.64 Å². The van der Waals surface area contributed by atoms with Crippen LogP contribution in [0.25, 0.3) is 0 Å². The van der Waals surface area contributed by atoms with E-state index in [2.05, 4.69) is 45.9 Å². The molecular formula is C36H50ClN5O4. The predicted molar refractivity (Wildman–Crippen MR) is 184 cm³/mol. The van der Waals surface area contributed by atoms with Crippen LogP contribution >= 0.6 is 11.6 Å². The molecule has 0 bridgehead atoms. The number of benzene rings is 2. The number of piperidine rings is 2. The van der Waals surface area contributed by atoms with Crippen LogP contribution in [-0.4, -0.2) is 105 Å². The molecule has 0 unspecified atom stereocenters. The molecule has 46 heavy (non-hydrogen) atoms. The molecular weight excluding hydrogens is 602 g/mol. The number of nitrogens with zero attached hydrogens (tertiary/aromatic N) is 5. The summed E-state index contributed by atoms with van der Waals surface area (Å²) in [4.78, 5) is 26.7. The van der Waals surface area contributed by atoms with Gasteiger partial charge in [0.25, 0.3) is 0 Å². The lowest BCUT2D eigenvalue weighted by Gasteiger charge is -2.39. The van der Waals surface area contributed by atoms with Crippen LogP contribution in [0.15, 0.2) is 41.4 Å². The molecule has 2 aromatic rings. The first-order chi connectivity index (χ1) is 22.5. The summed E-state index contributed by atoms with van der Waals surface area (Å²) < 4.78 is 17.3. The van der Waals surface area contributed by atoms with E-state index < -0.39 is 0 Å². The van der Waals surface area contributed by atoms with Crippen molar-refractivity contribution in [3.63, 3.8) is 0 Å². The van der Waals surface area contributed by atoms with Crippen LogP contribution in [0.3, 0.4) is 0 Å². The minimum Gasteiger partial charge on any atom is -0.494 e. The van der Waals surface area contributed by atoms with E-state index in [1.165, 1.54) is 37.9 Å². The van der Waals surface area contributed by atoms with Crippen LogP contribution in [0.5, 0.6) is 5.75 Å². The molecule has 4 aliphatic rings. The molecule has 250 valence electrons. The molecule has 3 saturated heterocycles. The van der Waals surface area contributed by atoms with Crippen molar-refractivity contribution >= 4 is 35.0 Å². The lowest BCUT2D eigenvalue weighted by Crippen LogP contribution is -2.48.